The first kappa shape index (κ1) is 23.3. The maximum atomic E-state index is 13.8. The van der Waals surface area contributed by atoms with E-state index < -0.39 is 12.0 Å². The Labute approximate surface area is 213 Å². The van der Waals surface area contributed by atoms with Crippen LogP contribution < -0.4 is 9.47 Å². The highest BCUT2D eigenvalue weighted by Crippen LogP contribution is 2.39. The zero-order valence-corrected chi connectivity index (χ0v) is 21.2. The van der Waals surface area contributed by atoms with Crippen molar-refractivity contribution in [1.82, 2.24) is 19.6 Å². The molecule has 4 aromatic heterocycles. The van der Waals surface area contributed by atoms with Crippen LogP contribution >= 0.6 is 22.7 Å². The molecule has 1 fully saturated rings. The van der Waals surface area contributed by atoms with E-state index in [1.807, 2.05) is 11.4 Å². The molecule has 0 bridgehead atoms. The molecule has 5 aromatic rings. The number of hydrogen-bond acceptors (Lipinski definition) is 10. The number of ether oxygens (including phenoxy) is 3. The van der Waals surface area contributed by atoms with Gasteiger partial charge in [-0.05, 0) is 25.8 Å². The lowest BCUT2D eigenvalue weighted by molar-refractivity contribution is -0.233. The van der Waals surface area contributed by atoms with E-state index in [9.17, 15) is 9.50 Å². The molecule has 2 atom stereocenters. The molecule has 12 heteroatoms. The van der Waals surface area contributed by atoms with Crippen molar-refractivity contribution in [3.05, 3.63) is 45.5 Å². The molecule has 2 unspecified atom stereocenters. The number of furan rings is 1. The van der Waals surface area contributed by atoms with Crippen LogP contribution in [0.5, 0.6) is 11.5 Å². The second-order valence-corrected chi connectivity index (χ2v) is 10.4. The van der Waals surface area contributed by atoms with Gasteiger partial charge in [-0.25, -0.2) is 14.4 Å². The van der Waals surface area contributed by atoms with E-state index >= 15 is 0 Å². The molecule has 0 aliphatic carbocycles. The van der Waals surface area contributed by atoms with Gasteiger partial charge in [0.25, 0.3) is 0 Å². The third kappa shape index (κ3) is 4.13. The average molecular weight is 531 g/mol. The smallest absolute Gasteiger partial charge is 0.219 e. The van der Waals surface area contributed by atoms with E-state index in [1.165, 1.54) is 29.6 Å². The van der Waals surface area contributed by atoms with Crippen LogP contribution in [0.25, 0.3) is 27.4 Å². The lowest BCUT2D eigenvalue weighted by Gasteiger charge is -2.29. The Kier molecular flexibility index (Phi) is 5.91. The first-order valence-electron chi connectivity index (χ1n) is 11.5. The van der Waals surface area contributed by atoms with Gasteiger partial charge in [-0.2, -0.15) is 9.61 Å². The van der Waals surface area contributed by atoms with Gasteiger partial charge in [-0.3, -0.25) is 0 Å². The fourth-order valence-corrected chi connectivity index (χ4v) is 5.82. The maximum Gasteiger partial charge on any atom is 0.219 e. The maximum absolute atomic E-state index is 13.8. The van der Waals surface area contributed by atoms with Gasteiger partial charge >= 0.3 is 0 Å². The molecular formula is C24H23FN4O5S2. The van der Waals surface area contributed by atoms with Gasteiger partial charge in [0.15, 0.2) is 21.9 Å². The van der Waals surface area contributed by atoms with Gasteiger partial charge in [0.05, 0.1) is 31.0 Å². The Morgan fingerprint density at radius 3 is 2.97 bits per heavy atom. The summed E-state index contributed by atoms with van der Waals surface area (Å²) in [5, 5.41) is 18.6. The molecule has 5 heterocycles. The Bertz CT molecular complexity index is 1530. The molecule has 188 valence electrons. The van der Waals surface area contributed by atoms with Gasteiger partial charge < -0.3 is 23.7 Å². The number of fused-ring (bicyclic) bond motifs is 2. The summed E-state index contributed by atoms with van der Waals surface area (Å²) in [7, 11) is 1.57. The van der Waals surface area contributed by atoms with Crippen molar-refractivity contribution in [1.29, 1.82) is 0 Å². The van der Waals surface area contributed by atoms with E-state index in [1.54, 1.807) is 30.0 Å². The van der Waals surface area contributed by atoms with Gasteiger partial charge in [-0.1, -0.05) is 11.3 Å². The first-order chi connectivity index (χ1) is 17.4. The molecule has 0 saturated carbocycles. The third-order valence-electron chi connectivity index (χ3n) is 6.01. The molecule has 1 aromatic carbocycles. The number of hydrogen-bond donors (Lipinski definition) is 1. The van der Waals surface area contributed by atoms with Gasteiger partial charge in [0, 0.05) is 23.9 Å². The molecular weight excluding hydrogens is 507 g/mol. The minimum absolute atomic E-state index is 0.191. The Hall–Kier alpha value is -3.06. The summed E-state index contributed by atoms with van der Waals surface area (Å²) < 4.78 is 38.6. The number of nitrogens with zero attached hydrogens (tertiary/aromatic N) is 4. The molecule has 1 N–H and O–H groups in total. The summed E-state index contributed by atoms with van der Waals surface area (Å²) in [5.41, 5.74) is 1.86. The number of aromatic nitrogens is 4. The summed E-state index contributed by atoms with van der Waals surface area (Å²) in [5.74, 6) is 0.323. The van der Waals surface area contributed by atoms with Crippen molar-refractivity contribution in [2.75, 3.05) is 13.7 Å². The second kappa shape index (κ2) is 9.11. The van der Waals surface area contributed by atoms with Crippen LogP contribution in [0.2, 0.25) is 0 Å². The van der Waals surface area contributed by atoms with Gasteiger partial charge in [0.1, 0.15) is 29.4 Å². The van der Waals surface area contributed by atoms with E-state index in [-0.39, 0.29) is 6.61 Å². The van der Waals surface area contributed by atoms with Crippen molar-refractivity contribution < 1.29 is 28.1 Å². The number of thiazole rings is 1. The number of rotatable bonds is 7. The number of imidazole rings is 1. The standard InChI is InChI=1S/C24H23FN4O5S2/c1-13(25)21-28-29-17(10-26-23(29)36-21)20-9-16-18(7-15(31-2)8-19(16)34-20)32-11-14-12-35-22(27-14)24(30)5-3-4-6-33-24/h7-10,12-13,30H,3-6,11H2,1-2H3. The van der Waals surface area contributed by atoms with Crippen molar-refractivity contribution in [3.63, 3.8) is 0 Å². The highest BCUT2D eigenvalue weighted by Gasteiger charge is 2.35. The summed E-state index contributed by atoms with van der Waals surface area (Å²) in [6.45, 7) is 2.16. The number of benzene rings is 1. The SMILES string of the molecule is COc1cc(OCc2csc(C3(O)CCCCO3)n2)c2cc(-c3cnc4sc(C(C)F)nn34)oc2c1. The molecule has 0 spiro atoms. The van der Waals surface area contributed by atoms with Crippen LogP contribution in [0, 0.1) is 0 Å². The molecule has 9 nitrogen and oxygen atoms in total. The number of aliphatic hydroxyl groups is 1. The fraction of sp³-hybridized carbons (Fsp3) is 0.375. The minimum atomic E-state index is -1.32. The number of halogens is 1. The zero-order valence-electron chi connectivity index (χ0n) is 19.6. The summed E-state index contributed by atoms with van der Waals surface area (Å²) >= 11 is 2.56. The Balaban J connectivity index is 1.30. The molecule has 6 rings (SSSR count). The van der Waals surface area contributed by atoms with Crippen LogP contribution in [0.3, 0.4) is 0 Å². The van der Waals surface area contributed by atoms with Crippen LogP contribution in [-0.4, -0.2) is 38.4 Å². The highest BCUT2D eigenvalue weighted by molar-refractivity contribution is 7.16. The van der Waals surface area contributed by atoms with Crippen LogP contribution in [-0.2, 0) is 17.1 Å². The minimum Gasteiger partial charge on any atom is -0.496 e. The quantitative estimate of drug-likeness (QED) is 0.289. The van der Waals surface area contributed by atoms with E-state index in [0.717, 1.165) is 18.2 Å². The van der Waals surface area contributed by atoms with Crippen LogP contribution in [0.15, 0.2) is 34.2 Å². The van der Waals surface area contributed by atoms with E-state index in [4.69, 9.17) is 18.6 Å². The number of methoxy groups -OCH3 is 1. The first-order valence-corrected chi connectivity index (χ1v) is 13.2. The largest absolute Gasteiger partial charge is 0.496 e. The van der Waals surface area contributed by atoms with Crippen LogP contribution in [0.1, 0.15) is 48.1 Å². The lowest BCUT2D eigenvalue weighted by Crippen LogP contribution is -2.33. The summed E-state index contributed by atoms with van der Waals surface area (Å²) in [6.07, 6.45) is 2.83. The molecule has 36 heavy (non-hydrogen) atoms. The third-order valence-corrected chi connectivity index (χ3v) is 8.11. The van der Waals surface area contributed by atoms with E-state index in [0.29, 0.717) is 62.2 Å². The average Bonchev–Trinajstić information content (AvgIpc) is 3.65. The predicted molar refractivity (Wildman–Crippen MR) is 132 cm³/mol. The van der Waals surface area contributed by atoms with Crippen molar-refractivity contribution in [2.24, 2.45) is 0 Å². The van der Waals surface area contributed by atoms with E-state index in [2.05, 4.69) is 15.1 Å². The zero-order chi connectivity index (χ0) is 24.9. The van der Waals surface area contributed by atoms with Crippen molar-refractivity contribution in [3.8, 4) is 23.0 Å². The highest BCUT2D eigenvalue weighted by atomic mass is 32.1. The van der Waals surface area contributed by atoms with Crippen LogP contribution in [0.4, 0.5) is 4.39 Å². The molecule has 0 radical (unpaired) electrons. The fourth-order valence-electron chi connectivity index (χ4n) is 4.14. The second-order valence-electron chi connectivity index (χ2n) is 8.56. The molecule has 1 saturated heterocycles. The lowest BCUT2D eigenvalue weighted by atomic mass is 10.1. The Morgan fingerprint density at radius 2 is 2.19 bits per heavy atom. The monoisotopic (exact) mass is 530 g/mol. The molecule has 1 aliphatic heterocycles. The van der Waals surface area contributed by atoms with Crippen molar-refractivity contribution >= 4 is 38.6 Å². The van der Waals surface area contributed by atoms with Gasteiger partial charge in [0.2, 0.25) is 10.7 Å². The Morgan fingerprint density at radius 1 is 1.31 bits per heavy atom. The summed E-state index contributed by atoms with van der Waals surface area (Å²) in [4.78, 5) is 9.48. The summed E-state index contributed by atoms with van der Waals surface area (Å²) in [6, 6.07) is 5.40. The number of alkyl halides is 1. The van der Waals surface area contributed by atoms with Gasteiger partial charge in [-0.15, -0.1) is 11.3 Å². The normalized spacial score (nSPS) is 19.2. The molecule has 0 amide bonds. The predicted octanol–water partition coefficient (Wildman–Crippen LogP) is 5.62. The topological polar surface area (TPSA) is 104 Å². The van der Waals surface area contributed by atoms with Crippen molar-refractivity contribution in [2.45, 2.75) is 44.8 Å². The molecule has 1 aliphatic rings.